The maximum atomic E-state index is 12.1. The summed E-state index contributed by atoms with van der Waals surface area (Å²) in [6.45, 7) is 4.20. The fraction of sp³-hybridized carbons (Fsp3) is 0.538. The van der Waals surface area contributed by atoms with Crippen LogP contribution in [0.15, 0.2) is 18.2 Å². The average Bonchev–Trinajstić information content (AvgIpc) is 2.36. The first kappa shape index (κ1) is 15.0. The van der Waals surface area contributed by atoms with Crippen molar-refractivity contribution in [1.82, 2.24) is 0 Å². The molecule has 0 saturated heterocycles. The minimum Gasteiger partial charge on any atom is -0.329 e. The van der Waals surface area contributed by atoms with Crippen LogP contribution < -0.4 is 10.0 Å². The van der Waals surface area contributed by atoms with Gasteiger partial charge >= 0.3 is 0 Å². The number of anilines is 1. The summed E-state index contributed by atoms with van der Waals surface area (Å²) in [5.74, 6) is -0.0231. The van der Waals surface area contributed by atoms with Crippen LogP contribution in [0.25, 0.3) is 0 Å². The van der Waals surface area contributed by atoms with Crippen molar-refractivity contribution in [2.24, 2.45) is 5.73 Å². The Hall–Kier alpha value is -1.07. The summed E-state index contributed by atoms with van der Waals surface area (Å²) in [5.41, 5.74) is 8.29. The largest absolute Gasteiger partial charge is 0.329 e. The van der Waals surface area contributed by atoms with Crippen LogP contribution in [0.5, 0.6) is 0 Å². The van der Waals surface area contributed by atoms with E-state index in [2.05, 4.69) is 0 Å². The predicted molar refractivity (Wildman–Crippen MR) is 76.4 cm³/mol. The molecule has 1 rings (SSSR count). The molecule has 4 nitrogen and oxygen atoms in total. The van der Waals surface area contributed by atoms with Crippen LogP contribution in [0.4, 0.5) is 5.69 Å². The van der Waals surface area contributed by atoms with Crippen LogP contribution in [-0.2, 0) is 22.9 Å². The summed E-state index contributed by atoms with van der Waals surface area (Å²) in [4.78, 5) is 0. The first-order valence-corrected chi connectivity index (χ1v) is 7.86. The Bertz CT molecular complexity index is 475. The number of hydrogen-bond acceptors (Lipinski definition) is 3. The molecule has 0 amide bonds. The highest BCUT2D eigenvalue weighted by Gasteiger charge is 2.21. The Morgan fingerprint density at radius 3 is 2.06 bits per heavy atom. The monoisotopic (exact) mass is 270 g/mol. The van der Waals surface area contributed by atoms with Crippen LogP contribution >= 0.6 is 0 Å². The van der Waals surface area contributed by atoms with Gasteiger partial charge in [-0.2, -0.15) is 0 Å². The zero-order valence-corrected chi connectivity index (χ0v) is 12.1. The van der Waals surface area contributed by atoms with Gasteiger partial charge in [0, 0.05) is 13.6 Å². The van der Waals surface area contributed by atoms with Crippen molar-refractivity contribution in [1.29, 1.82) is 0 Å². The molecule has 0 fully saturated rings. The van der Waals surface area contributed by atoms with E-state index in [-0.39, 0.29) is 12.3 Å². The van der Waals surface area contributed by atoms with Gasteiger partial charge < -0.3 is 5.73 Å². The van der Waals surface area contributed by atoms with E-state index in [1.165, 1.54) is 4.31 Å². The maximum Gasteiger partial charge on any atom is 0.236 e. The van der Waals surface area contributed by atoms with Crippen molar-refractivity contribution < 1.29 is 8.42 Å². The van der Waals surface area contributed by atoms with Crippen molar-refractivity contribution in [2.45, 2.75) is 26.7 Å². The topological polar surface area (TPSA) is 63.4 Å². The molecule has 0 radical (unpaired) electrons. The number of nitrogens with zero attached hydrogens (tertiary/aromatic N) is 1. The number of para-hydroxylation sites is 1. The first-order valence-electron chi connectivity index (χ1n) is 6.25. The normalized spacial score (nSPS) is 11.6. The molecule has 0 atom stereocenters. The Morgan fingerprint density at radius 1 is 1.17 bits per heavy atom. The van der Waals surface area contributed by atoms with Gasteiger partial charge in [0.15, 0.2) is 0 Å². The highest BCUT2D eigenvalue weighted by atomic mass is 32.2. The van der Waals surface area contributed by atoms with Crippen molar-refractivity contribution in [3.05, 3.63) is 29.3 Å². The van der Waals surface area contributed by atoms with Crippen molar-refractivity contribution >= 4 is 15.7 Å². The Balaban J connectivity index is 3.31. The fourth-order valence-electron chi connectivity index (χ4n) is 2.04. The smallest absolute Gasteiger partial charge is 0.236 e. The molecule has 0 bridgehead atoms. The third-order valence-corrected chi connectivity index (χ3v) is 4.84. The van der Waals surface area contributed by atoms with Gasteiger partial charge in [-0.15, -0.1) is 0 Å². The second-order valence-electron chi connectivity index (χ2n) is 4.20. The number of benzene rings is 1. The first-order chi connectivity index (χ1) is 8.47. The summed E-state index contributed by atoms with van der Waals surface area (Å²) < 4.78 is 25.6. The SMILES string of the molecule is CCc1cccc(CC)c1N(C)S(=O)(=O)CCN. The van der Waals surface area contributed by atoms with Crippen LogP contribution in [0.3, 0.4) is 0 Å². The van der Waals surface area contributed by atoms with Crippen LogP contribution in [0.2, 0.25) is 0 Å². The second kappa shape index (κ2) is 6.20. The van der Waals surface area contributed by atoms with Gasteiger partial charge in [0.25, 0.3) is 0 Å². The molecule has 1 aromatic rings. The molecule has 18 heavy (non-hydrogen) atoms. The third kappa shape index (κ3) is 3.03. The van der Waals surface area contributed by atoms with E-state index in [1.807, 2.05) is 32.0 Å². The van der Waals surface area contributed by atoms with E-state index in [9.17, 15) is 8.42 Å². The summed E-state index contributed by atoms with van der Waals surface area (Å²) in [5, 5.41) is 0. The molecule has 5 heteroatoms. The molecule has 0 saturated carbocycles. The minimum atomic E-state index is -3.32. The van der Waals surface area contributed by atoms with Gasteiger partial charge in [-0.3, -0.25) is 4.31 Å². The van der Waals surface area contributed by atoms with Gasteiger partial charge in [-0.05, 0) is 24.0 Å². The Labute approximate surface area is 110 Å². The molecular formula is C13H22N2O2S. The van der Waals surface area contributed by atoms with Crippen LogP contribution in [-0.4, -0.2) is 27.8 Å². The number of nitrogens with two attached hydrogens (primary N) is 1. The van der Waals surface area contributed by atoms with Gasteiger partial charge in [-0.1, -0.05) is 32.0 Å². The second-order valence-corrected chi connectivity index (χ2v) is 6.32. The number of sulfonamides is 1. The molecule has 0 heterocycles. The summed E-state index contributed by atoms with van der Waals surface area (Å²) >= 11 is 0. The van der Waals surface area contributed by atoms with E-state index in [0.29, 0.717) is 0 Å². The molecule has 0 aliphatic rings. The predicted octanol–water partition coefficient (Wildman–Crippen LogP) is 1.54. The lowest BCUT2D eigenvalue weighted by atomic mass is 10.0. The number of hydrogen-bond donors (Lipinski definition) is 1. The molecule has 0 aliphatic carbocycles. The van der Waals surface area contributed by atoms with Crippen LogP contribution in [0, 0.1) is 0 Å². The van der Waals surface area contributed by atoms with Gasteiger partial charge in [0.05, 0.1) is 11.4 Å². The highest BCUT2D eigenvalue weighted by molar-refractivity contribution is 7.92. The molecule has 0 spiro atoms. The Kier molecular flexibility index (Phi) is 5.16. The Morgan fingerprint density at radius 2 is 1.67 bits per heavy atom. The van der Waals surface area contributed by atoms with Gasteiger partial charge in [0.2, 0.25) is 10.0 Å². The highest BCUT2D eigenvalue weighted by Crippen LogP contribution is 2.27. The van der Waals surface area contributed by atoms with Crippen molar-refractivity contribution in [3.8, 4) is 0 Å². The van der Waals surface area contributed by atoms with Crippen LogP contribution in [0.1, 0.15) is 25.0 Å². The third-order valence-electron chi connectivity index (χ3n) is 3.07. The zero-order chi connectivity index (χ0) is 13.8. The van der Waals surface area contributed by atoms with E-state index in [1.54, 1.807) is 7.05 Å². The molecule has 0 aromatic heterocycles. The lowest BCUT2D eigenvalue weighted by Gasteiger charge is -2.24. The van der Waals surface area contributed by atoms with E-state index < -0.39 is 10.0 Å². The average molecular weight is 270 g/mol. The summed E-state index contributed by atoms with van der Waals surface area (Å²) in [7, 11) is -1.71. The molecule has 1 aromatic carbocycles. The standard InChI is InChI=1S/C13H22N2O2S/c1-4-11-7-6-8-12(5-2)13(11)15(3)18(16,17)10-9-14/h6-8H,4-5,9-10,14H2,1-3H3. The molecule has 0 unspecified atom stereocenters. The van der Waals surface area contributed by atoms with Gasteiger partial charge in [0.1, 0.15) is 0 Å². The lowest BCUT2D eigenvalue weighted by Crippen LogP contribution is -2.33. The lowest BCUT2D eigenvalue weighted by molar-refractivity contribution is 0.594. The number of rotatable bonds is 6. The van der Waals surface area contributed by atoms with Crippen molar-refractivity contribution in [2.75, 3.05) is 23.7 Å². The van der Waals surface area contributed by atoms with E-state index >= 15 is 0 Å². The number of aryl methyl sites for hydroxylation is 2. The van der Waals surface area contributed by atoms with E-state index in [0.717, 1.165) is 29.7 Å². The molecule has 2 N–H and O–H groups in total. The minimum absolute atomic E-state index is 0.0231. The molecule has 102 valence electrons. The summed E-state index contributed by atoms with van der Waals surface area (Å²) in [6, 6.07) is 5.93. The molecule has 0 aliphatic heterocycles. The maximum absolute atomic E-state index is 12.1. The van der Waals surface area contributed by atoms with E-state index in [4.69, 9.17) is 5.73 Å². The van der Waals surface area contributed by atoms with Crippen molar-refractivity contribution in [3.63, 3.8) is 0 Å². The quantitative estimate of drug-likeness (QED) is 0.852. The van der Waals surface area contributed by atoms with Gasteiger partial charge in [-0.25, -0.2) is 8.42 Å². The fourth-order valence-corrected chi connectivity index (χ4v) is 3.13. The summed E-state index contributed by atoms with van der Waals surface area (Å²) in [6.07, 6.45) is 1.62. The molecular weight excluding hydrogens is 248 g/mol. The zero-order valence-electron chi connectivity index (χ0n) is 11.3.